The van der Waals surface area contributed by atoms with E-state index in [0.29, 0.717) is 19.8 Å². The third kappa shape index (κ3) is 5.61. The molecule has 2 aliphatic heterocycles. The van der Waals surface area contributed by atoms with Crippen LogP contribution in [0.1, 0.15) is 47.0 Å². The quantitative estimate of drug-likeness (QED) is 0.764. The van der Waals surface area contributed by atoms with Gasteiger partial charge in [0.15, 0.2) is 0 Å². The van der Waals surface area contributed by atoms with Crippen LogP contribution in [0.25, 0.3) is 0 Å². The van der Waals surface area contributed by atoms with Crippen LogP contribution in [0.15, 0.2) is 0 Å². The molecule has 0 amide bonds. The molecule has 0 atom stereocenters. The van der Waals surface area contributed by atoms with Crippen LogP contribution in [0, 0.1) is 5.41 Å². The van der Waals surface area contributed by atoms with Gasteiger partial charge in [0, 0.05) is 43.2 Å². The molecule has 0 spiro atoms. The third-order valence-electron chi connectivity index (χ3n) is 5.10. The number of likely N-dealkylation sites (tertiary alicyclic amines) is 1. The second-order valence-electron chi connectivity index (χ2n) is 8.53. The van der Waals surface area contributed by atoms with Crippen molar-refractivity contribution in [3.8, 4) is 0 Å². The van der Waals surface area contributed by atoms with Crippen LogP contribution in [-0.2, 0) is 4.74 Å². The van der Waals surface area contributed by atoms with Crippen molar-refractivity contribution < 1.29 is 17.9 Å². The normalized spacial score (nSPS) is 24.0. The monoisotopic (exact) mass is 336 g/mol. The van der Waals surface area contributed by atoms with Crippen molar-refractivity contribution in [3.05, 3.63) is 0 Å². The second-order valence-corrected chi connectivity index (χ2v) is 8.53. The van der Waals surface area contributed by atoms with E-state index in [9.17, 15) is 13.2 Å². The largest absolute Gasteiger partial charge is 0.390 e. The molecular weight excluding hydrogens is 305 g/mol. The summed E-state index contributed by atoms with van der Waals surface area (Å²) in [4.78, 5) is 4.51. The SMILES string of the molecule is CC1(CN(CCC(F)(F)F)C2CCN(C(C)(C)C)CC2)COC1. The summed E-state index contributed by atoms with van der Waals surface area (Å²) in [5, 5.41) is 0. The second kappa shape index (κ2) is 6.89. The number of nitrogens with zero attached hydrogens (tertiary/aromatic N) is 2. The van der Waals surface area contributed by atoms with Crippen LogP contribution in [0.5, 0.6) is 0 Å². The molecule has 3 nitrogen and oxygen atoms in total. The van der Waals surface area contributed by atoms with Gasteiger partial charge >= 0.3 is 6.18 Å². The van der Waals surface area contributed by atoms with Gasteiger partial charge in [-0.05, 0) is 33.6 Å². The zero-order valence-electron chi connectivity index (χ0n) is 14.9. The lowest BCUT2D eigenvalue weighted by Crippen LogP contribution is -2.55. The predicted octanol–water partition coefficient (Wildman–Crippen LogP) is 3.54. The van der Waals surface area contributed by atoms with E-state index in [4.69, 9.17) is 4.74 Å². The van der Waals surface area contributed by atoms with Gasteiger partial charge in [0.25, 0.3) is 0 Å². The number of halogens is 3. The van der Waals surface area contributed by atoms with Crippen molar-refractivity contribution in [2.75, 3.05) is 39.4 Å². The van der Waals surface area contributed by atoms with Gasteiger partial charge in [-0.3, -0.25) is 9.80 Å². The highest BCUT2D eigenvalue weighted by Gasteiger charge is 2.39. The maximum atomic E-state index is 12.7. The molecule has 0 N–H and O–H groups in total. The van der Waals surface area contributed by atoms with Crippen LogP contribution in [-0.4, -0.2) is 66.9 Å². The summed E-state index contributed by atoms with van der Waals surface area (Å²) >= 11 is 0. The Labute approximate surface area is 138 Å². The zero-order chi connectivity index (χ0) is 17.3. The lowest BCUT2D eigenvalue weighted by atomic mass is 9.86. The Hall–Kier alpha value is -0.330. The van der Waals surface area contributed by atoms with Crippen molar-refractivity contribution in [3.63, 3.8) is 0 Å². The highest BCUT2D eigenvalue weighted by atomic mass is 19.4. The molecule has 23 heavy (non-hydrogen) atoms. The number of alkyl halides is 3. The van der Waals surface area contributed by atoms with Crippen molar-refractivity contribution in [1.82, 2.24) is 9.80 Å². The molecule has 0 aromatic carbocycles. The van der Waals surface area contributed by atoms with Crippen LogP contribution in [0.3, 0.4) is 0 Å². The molecule has 2 rings (SSSR count). The Kier molecular flexibility index (Phi) is 5.69. The Morgan fingerprint density at radius 2 is 1.70 bits per heavy atom. The average Bonchev–Trinajstić information content (AvgIpc) is 2.40. The van der Waals surface area contributed by atoms with E-state index in [2.05, 4.69) is 37.5 Å². The van der Waals surface area contributed by atoms with Gasteiger partial charge in [0.1, 0.15) is 0 Å². The standard InChI is InChI=1S/C17H31F3N2O/c1-15(2,3)22-8-5-14(6-9-22)21(10-7-17(18,19)20)11-16(4)12-23-13-16/h14H,5-13H2,1-4H3. The molecule has 0 saturated carbocycles. The molecule has 0 unspecified atom stereocenters. The average molecular weight is 336 g/mol. The van der Waals surface area contributed by atoms with E-state index < -0.39 is 12.6 Å². The summed E-state index contributed by atoms with van der Waals surface area (Å²) < 4.78 is 43.3. The van der Waals surface area contributed by atoms with Crippen LogP contribution < -0.4 is 0 Å². The Bertz CT molecular complexity index is 380. The molecule has 0 radical (unpaired) electrons. The van der Waals surface area contributed by atoms with Gasteiger partial charge in [-0.15, -0.1) is 0 Å². The third-order valence-corrected chi connectivity index (χ3v) is 5.10. The molecule has 2 fully saturated rings. The Morgan fingerprint density at radius 1 is 1.13 bits per heavy atom. The molecule has 2 saturated heterocycles. The minimum absolute atomic E-state index is 0.0206. The number of hydrogen-bond donors (Lipinski definition) is 0. The summed E-state index contributed by atoms with van der Waals surface area (Å²) in [5.41, 5.74) is 0.155. The molecular formula is C17H31F3N2O. The van der Waals surface area contributed by atoms with Crippen molar-refractivity contribution >= 4 is 0 Å². The van der Waals surface area contributed by atoms with Crippen LogP contribution in [0.2, 0.25) is 0 Å². The van der Waals surface area contributed by atoms with E-state index in [-0.39, 0.29) is 23.5 Å². The lowest BCUT2D eigenvalue weighted by Gasteiger charge is -2.48. The van der Waals surface area contributed by atoms with Crippen LogP contribution >= 0.6 is 0 Å². The minimum atomic E-state index is -4.08. The van der Waals surface area contributed by atoms with E-state index in [1.54, 1.807) is 0 Å². The smallest absolute Gasteiger partial charge is 0.380 e. The minimum Gasteiger partial charge on any atom is -0.380 e. The van der Waals surface area contributed by atoms with E-state index in [1.807, 2.05) is 0 Å². The summed E-state index contributed by atoms with van der Waals surface area (Å²) in [5.74, 6) is 0. The first-order chi connectivity index (χ1) is 10.5. The highest BCUT2D eigenvalue weighted by Crippen LogP contribution is 2.32. The van der Waals surface area contributed by atoms with E-state index >= 15 is 0 Å². The van der Waals surface area contributed by atoms with Gasteiger partial charge in [-0.1, -0.05) is 6.92 Å². The molecule has 0 aliphatic carbocycles. The summed E-state index contributed by atoms with van der Waals surface area (Å²) in [6, 6.07) is 0.258. The molecule has 2 aliphatic rings. The van der Waals surface area contributed by atoms with Gasteiger partial charge in [-0.25, -0.2) is 0 Å². The first kappa shape index (κ1) is 19.0. The molecule has 136 valence electrons. The van der Waals surface area contributed by atoms with Crippen molar-refractivity contribution in [1.29, 1.82) is 0 Å². The van der Waals surface area contributed by atoms with Crippen molar-refractivity contribution in [2.24, 2.45) is 5.41 Å². The fraction of sp³-hybridized carbons (Fsp3) is 1.00. The maximum Gasteiger partial charge on any atom is 0.390 e. The fourth-order valence-corrected chi connectivity index (χ4v) is 3.60. The van der Waals surface area contributed by atoms with E-state index in [0.717, 1.165) is 25.9 Å². The number of rotatable bonds is 5. The van der Waals surface area contributed by atoms with Crippen molar-refractivity contribution in [2.45, 2.75) is 64.7 Å². The predicted molar refractivity (Wildman–Crippen MR) is 85.5 cm³/mol. The maximum absolute atomic E-state index is 12.7. The highest BCUT2D eigenvalue weighted by molar-refractivity contribution is 4.90. The summed E-state index contributed by atoms with van der Waals surface area (Å²) in [7, 11) is 0. The van der Waals surface area contributed by atoms with Gasteiger partial charge in [0.2, 0.25) is 0 Å². The number of hydrogen-bond acceptors (Lipinski definition) is 3. The first-order valence-electron chi connectivity index (χ1n) is 8.62. The molecule has 0 aromatic heterocycles. The number of piperidine rings is 1. The molecule has 6 heteroatoms. The zero-order valence-corrected chi connectivity index (χ0v) is 14.9. The van der Waals surface area contributed by atoms with Gasteiger partial charge < -0.3 is 4.74 Å². The van der Waals surface area contributed by atoms with Gasteiger partial charge in [0.05, 0.1) is 19.6 Å². The van der Waals surface area contributed by atoms with E-state index in [1.165, 1.54) is 0 Å². The molecule has 0 aromatic rings. The van der Waals surface area contributed by atoms with Gasteiger partial charge in [-0.2, -0.15) is 13.2 Å². The Balaban J connectivity index is 1.94. The summed E-state index contributed by atoms with van der Waals surface area (Å²) in [6.07, 6.45) is -2.90. The summed E-state index contributed by atoms with van der Waals surface area (Å²) in [6.45, 7) is 12.8. The van der Waals surface area contributed by atoms with Crippen LogP contribution in [0.4, 0.5) is 13.2 Å². The fourth-order valence-electron chi connectivity index (χ4n) is 3.60. The topological polar surface area (TPSA) is 15.7 Å². The Morgan fingerprint density at radius 3 is 2.09 bits per heavy atom. The lowest BCUT2D eigenvalue weighted by molar-refractivity contribution is -0.150. The number of ether oxygens (including phenoxy) is 1. The first-order valence-corrected chi connectivity index (χ1v) is 8.62. The molecule has 2 heterocycles. The molecule has 0 bridgehead atoms.